The second kappa shape index (κ2) is 8.40. The molecule has 0 spiro atoms. The van der Waals surface area contributed by atoms with Crippen LogP contribution >= 0.6 is 27.5 Å². The first-order valence-electron chi connectivity index (χ1n) is 7.25. The molecule has 0 aliphatic carbocycles. The summed E-state index contributed by atoms with van der Waals surface area (Å²) in [6.45, 7) is 1.40. The average molecular weight is 414 g/mol. The van der Waals surface area contributed by atoms with E-state index in [1.165, 1.54) is 19.1 Å². The molecule has 0 fully saturated rings. The number of benzene rings is 2. The zero-order valence-corrected chi connectivity index (χ0v) is 15.3. The van der Waals surface area contributed by atoms with Gasteiger partial charge in [0, 0.05) is 27.9 Å². The van der Waals surface area contributed by atoms with Crippen LogP contribution in [0.3, 0.4) is 0 Å². The van der Waals surface area contributed by atoms with Gasteiger partial charge in [-0.1, -0.05) is 33.6 Å². The molecule has 24 heavy (non-hydrogen) atoms. The van der Waals surface area contributed by atoms with Crippen molar-refractivity contribution in [2.24, 2.45) is 0 Å². The Bertz CT molecular complexity index is 777. The van der Waals surface area contributed by atoms with Crippen LogP contribution in [0.15, 0.2) is 40.9 Å². The van der Waals surface area contributed by atoms with Gasteiger partial charge in [-0.15, -0.1) is 0 Å². The highest BCUT2D eigenvalue weighted by molar-refractivity contribution is 9.10. The minimum Gasteiger partial charge on any atom is -0.488 e. The zero-order chi connectivity index (χ0) is 17.7. The lowest BCUT2D eigenvalue weighted by Gasteiger charge is -2.12. The zero-order valence-electron chi connectivity index (χ0n) is 12.9. The van der Waals surface area contributed by atoms with Crippen LogP contribution in [0.25, 0.3) is 0 Å². The molecule has 0 aliphatic rings. The maximum absolute atomic E-state index is 13.9. The molecular formula is C18H15BrClFO3. The highest BCUT2D eigenvalue weighted by Gasteiger charge is 2.15. The van der Waals surface area contributed by atoms with Crippen molar-refractivity contribution in [1.29, 1.82) is 0 Å². The van der Waals surface area contributed by atoms with E-state index in [0.717, 1.165) is 0 Å². The molecule has 0 aromatic heterocycles. The summed E-state index contributed by atoms with van der Waals surface area (Å²) >= 11 is 9.15. The van der Waals surface area contributed by atoms with Crippen molar-refractivity contribution in [3.8, 4) is 5.75 Å². The fourth-order valence-corrected chi connectivity index (χ4v) is 2.56. The first kappa shape index (κ1) is 18.6. The fourth-order valence-electron chi connectivity index (χ4n) is 2.06. The molecule has 0 atom stereocenters. The molecule has 2 rings (SSSR count). The van der Waals surface area contributed by atoms with E-state index in [4.69, 9.17) is 16.3 Å². The van der Waals surface area contributed by atoms with Gasteiger partial charge in [-0.05, 0) is 37.3 Å². The van der Waals surface area contributed by atoms with E-state index in [1.807, 2.05) is 0 Å². The summed E-state index contributed by atoms with van der Waals surface area (Å²) in [5, 5.41) is 0.407. The number of carbonyl (C=O) groups is 2. The van der Waals surface area contributed by atoms with Crippen LogP contribution in [-0.2, 0) is 11.4 Å². The van der Waals surface area contributed by atoms with Crippen LogP contribution in [0.4, 0.5) is 4.39 Å². The molecule has 126 valence electrons. The lowest BCUT2D eigenvalue weighted by molar-refractivity contribution is -0.116. The van der Waals surface area contributed by atoms with Crippen molar-refractivity contribution in [1.82, 2.24) is 0 Å². The molecule has 2 aromatic rings. The predicted octanol–water partition coefficient (Wildman–Crippen LogP) is 5.37. The monoisotopic (exact) mass is 412 g/mol. The van der Waals surface area contributed by atoms with Crippen LogP contribution in [-0.4, -0.2) is 11.6 Å². The minimum atomic E-state index is -0.407. The molecule has 2 aromatic carbocycles. The molecule has 0 N–H and O–H groups in total. The van der Waals surface area contributed by atoms with E-state index >= 15 is 0 Å². The molecule has 0 amide bonds. The van der Waals surface area contributed by atoms with Crippen molar-refractivity contribution in [3.05, 3.63) is 62.8 Å². The fraction of sp³-hybridized carbons (Fsp3) is 0.222. The topological polar surface area (TPSA) is 43.4 Å². The number of rotatable bonds is 7. The van der Waals surface area contributed by atoms with Crippen LogP contribution in [0.1, 0.15) is 35.7 Å². The van der Waals surface area contributed by atoms with E-state index in [9.17, 15) is 14.0 Å². The van der Waals surface area contributed by atoms with E-state index < -0.39 is 5.82 Å². The Morgan fingerprint density at radius 1 is 1.17 bits per heavy atom. The van der Waals surface area contributed by atoms with E-state index in [1.54, 1.807) is 24.3 Å². The summed E-state index contributed by atoms with van der Waals surface area (Å²) in [6.07, 6.45) is 0.266. The van der Waals surface area contributed by atoms with E-state index in [0.29, 0.717) is 20.6 Å². The summed E-state index contributed by atoms with van der Waals surface area (Å²) in [4.78, 5) is 23.3. The third kappa shape index (κ3) is 5.14. The largest absolute Gasteiger partial charge is 0.488 e. The van der Waals surface area contributed by atoms with Crippen LogP contribution < -0.4 is 4.74 Å². The van der Waals surface area contributed by atoms with E-state index in [2.05, 4.69) is 15.9 Å². The Morgan fingerprint density at radius 3 is 2.58 bits per heavy atom. The van der Waals surface area contributed by atoms with E-state index in [-0.39, 0.29) is 36.8 Å². The van der Waals surface area contributed by atoms with Crippen molar-refractivity contribution in [3.63, 3.8) is 0 Å². The molecule has 0 aliphatic heterocycles. The smallest absolute Gasteiger partial charge is 0.167 e. The van der Waals surface area contributed by atoms with Crippen LogP contribution in [0.5, 0.6) is 5.75 Å². The summed E-state index contributed by atoms with van der Waals surface area (Å²) in [6, 6.07) is 9.29. The number of ketones is 2. The van der Waals surface area contributed by atoms with Gasteiger partial charge in [0.15, 0.2) is 5.78 Å². The Balaban J connectivity index is 2.18. The van der Waals surface area contributed by atoms with Gasteiger partial charge >= 0.3 is 0 Å². The average Bonchev–Trinajstić information content (AvgIpc) is 2.52. The first-order chi connectivity index (χ1) is 11.4. The first-order valence-corrected chi connectivity index (χ1v) is 8.43. The van der Waals surface area contributed by atoms with Crippen molar-refractivity contribution >= 4 is 39.1 Å². The molecule has 0 radical (unpaired) electrons. The second-order valence-corrected chi connectivity index (χ2v) is 6.64. The Morgan fingerprint density at radius 2 is 1.92 bits per heavy atom. The molecule has 3 nitrogen and oxygen atoms in total. The normalized spacial score (nSPS) is 10.5. The van der Waals surface area contributed by atoms with Crippen molar-refractivity contribution in [2.75, 3.05) is 0 Å². The van der Waals surface area contributed by atoms with Gasteiger partial charge < -0.3 is 9.53 Å². The van der Waals surface area contributed by atoms with Crippen molar-refractivity contribution < 1.29 is 18.7 Å². The van der Waals surface area contributed by atoms with Gasteiger partial charge in [0.25, 0.3) is 0 Å². The summed E-state index contributed by atoms with van der Waals surface area (Å²) in [5.74, 6) is -0.404. The molecule has 0 unspecified atom stereocenters. The predicted molar refractivity (Wildman–Crippen MR) is 94.1 cm³/mol. The molecule has 6 heteroatoms. The standard InChI is InChI=1S/C18H15BrClFO3/c1-11(22)2-7-17(23)15-6-5-14(20)9-18(15)24-10-12-3-4-13(19)8-16(12)21/h3-6,8-9H,2,7,10H2,1H3. The number of ether oxygens (including phenoxy) is 1. The number of carbonyl (C=O) groups excluding carboxylic acids is 2. The highest BCUT2D eigenvalue weighted by atomic mass is 79.9. The van der Waals surface area contributed by atoms with Crippen molar-refractivity contribution in [2.45, 2.75) is 26.4 Å². The Hall–Kier alpha value is -1.72. The summed E-state index contributed by atoms with van der Waals surface area (Å²) in [7, 11) is 0. The number of hydrogen-bond acceptors (Lipinski definition) is 3. The van der Waals surface area contributed by atoms with Crippen LogP contribution in [0.2, 0.25) is 5.02 Å². The van der Waals surface area contributed by atoms with Gasteiger partial charge in [-0.2, -0.15) is 0 Å². The number of hydrogen-bond donors (Lipinski definition) is 0. The van der Waals surface area contributed by atoms with Gasteiger partial charge in [-0.25, -0.2) is 4.39 Å². The molecule has 0 heterocycles. The SMILES string of the molecule is CC(=O)CCC(=O)c1ccc(Cl)cc1OCc1ccc(Br)cc1F. The molecule has 0 saturated heterocycles. The number of Topliss-reactive ketones (excluding diaryl/α,β-unsaturated/α-hetero) is 2. The third-order valence-corrected chi connectivity index (χ3v) is 4.07. The highest BCUT2D eigenvalue weighted by Crippen LogP contribution is 2.26. The quantitative estimate of drug-likeness (QED) is 0.573. The minimum absolute atomic E-state index is 0.0353. The number of halogens is 3. The molecule has 0 bridgehead atoms. The maximum atomic E-state index is 13.9. The maximum Gasteiger partial charge on any atom is 0.167 e. The summed E-state index contributed by atoms with van der Waals surface area (Å²) in [5.41, 5.74) is 0.693. The third-order valence-electron chi connectivity index (χ3n) is 3.35. The second-order valence-electron chi connectivity index (χ2n) is 5.29. The van der Waals surface area contributed by atoms with Gasteiger partial charge in [-0.3, -0.25) is 4.79 Å². The summed E-state index contributed by atoms with van der Waals surface area (Å²) < 4.78 is 20.1. The van der Waals surface area contributed by atoms with Gasteiger partial charge in [0.2, 0.25) is 0 Å². The van der Waals surface area contributed by atoms with Crippen LogP contribution in [0, 0.1) is 5.82 Å². The molecular weight excluding hydrogens is 399 g/mol. The van der Waals surface area contributed by atoms with Gasteiger partial charge in [0.05, 0.1) is 5.56 Å². The lowest BCUT2D eigenvalue weighted by Crippen LogP contribution is -2.07. The van der Waals surface area contributed by atoms with Gasteiger partial charge in [0.1, 0.15) is 24.0 Å². The Kier molecular flexibility index (Phi) is 6.52. The molecule has 0 saturated carbocycles. The lowest BCUT2D eigenvalue weighted by atomic mass is 10.0. The Labute approximate surface area is 152 Å².